The van der Waals surface area contributed by atoms with Crippen LogP contribution in [-0.4, -0.2) is 47.4 Å². The molecule has 0 radical (unpaired) electrons. The van der Waals surface area contributed by atoms with Crippen molar-refractivity contribution in [1.82, 2.24) is 5.32 Å². The maximum Gasteiger partial charge on any atom is 0.305 e. The van der Waals surface area contributed by atoms with Gasteiger partial charge in [0, 0.05) is 12.8 Å². The number of ether oxygens (including phenoxy) is 1. The van der Waals surface area contributed by atoms with Crippen LogP contribution in [0.3, 0.4) is 0 Å². The van der Waals surface area contributed by atoms with Crippen LogP contribution in [0.1, 0.15) is 412 Å². The minimum atomic E-state index is -0.841. The number of aliphatic hydroxyl groups is 2. The highest BCUT2D eigenvalue weighted by Crippen LogP contribution is 2.19. The Balaban J connectivity index is 3.33. The lowest BCUT2D eigenvalue weighted by Gasteiger charge is -2.20. The van der Waals surface area contributed by atoms with E-state index < -0.39 is 12.1 Å². The highest BCUT2D eigenvalue weighted by atomic mass is 16.5. The molecule has 0 rings (SSSR count). The number of amides is 1. The van der Waals surface area contributed by atoms with E-state index in [1.54, 1.807) is 6.08 Å². The summed E-state index contributed by atoms with van der Waals surface area (Å²) in [5.74, 6) is -0.0372. The van der Waals surface area contributed by atoms with Gasteiger partial charge in [0.05, 0.1) is 25.4 Å². The third-order valence-electron chi connectivity index (χ3n) is 17.1. The number of hydrogen-bond donors (Lipinski definition) is 3. The molecule has 0 saturated carbocycles. The van der Waals surface area contributed by atoms with Gasteiger partial charge in [-0.05, 0) is 32.1 Å². The maximum absolute atomic E-state index is 12.5. The number of nitrogens with one attached hydrogen (secondary N) is 1. The van der Waals surface area contributed by atoms with Crippen LogP contribution in [-0.2, 0) is 14.3 Å². The molecule has 0 heterocycles. The molecular weight excluding hydrogens is 959 g/mol. The first kappa shape index (κ1) is 76.6. The molecule has 2 unspecified atom stereocenters. The number of esters is 1. The van der Waals surface area contributed by atoms with Crippen molar-refractivity contribution in [2.75, 3.05) is 13.2 Å². The van der Waals surface area contributed by atoms with Crippen LogP contribution < -0.4 is 5.32 Å². The SMILES string of the molecule is CCCCCCCCCCCCCCCCC/C=C/C(O)C(CO)NC(=O)CCCCCCCCCCCCCCCCCCCCCCCCCCCCCCCCCOC(=O)CCCCCCCCCCCCCCC. The van der Waals surface area contributed by atoms with E-state index in [-0.39, 0.29) is 18.5 Å². The fourth-order valence-corrected chi connectivity index (χ4v) is 11.6. The van der Waals surface area contributed by atoms with Crippen molar-refractivity contribution in [1.29, 1.82) is 0 Å². The Morgan fingerprint density at radius 2 is 0.590 bits per heavy atom. The zero-order valence-electron chi connectivity index (χ0n) is 53.2. The average molecular weight is 1100 g/mol. The van der Waals surface area contributed by atoms with E-state index >= 15 is 0 Å². The lowest BCUT2D eigenvalue weighted by atomic mass is 10.0. The number of allylic oxidation sites excluding steroid dienone is 1. The Bertz CT molecular complexity index is 1180. The van der Waals surface area contributed by atoms with E-state index in [1.165, 1.54) is 347 Å². The predicted molar refractivity (Wildman–Crippen MR) is 343 cm³/mol. The van der Waals surface area contributed by atoms with E-state index in [1.807, 2.05) is 6.08 Å². The Labute approximate surface area is 489 Å². The van der Waals surface area contributed by atoms with Gasteiger partial charge in [-0.25, -0.2) is 0 Å². The van der Waals surface area contributed by atoms with Crippen LogP contribution in [0.15, 0.2) is 12.2 Å². The van der Waals surface area contributed by atoms with Gasteiger partial charge >= 0.3 is 5.97 Å². The number of carbonyl (C=O) groups is 2. The summed E-state index contributed by atoms with van der Waals surface area (Å²) in [5, 5.41) is 23.2. The molecule has 0 aliphatic carbocycles. The molecule has 78 heavy (non-hydrogen) atoms. The summed E-state index contributed by atoms with van der Waals surface area (Å²) in [5.41, 5.74) is 0. The fraction of sp³-hybridized carbons (Fsp3) is 0.944. The minimum absolute atomic E-state index is 0.0228. The molecule has 464 valence electrons. The summed E-state index contributed by atoms with van der Waals surface area (Å²) >= 11 is 0. The fourth-order valence-electron chi connectivity index (χ4n) is 11.6. The highest BCUT2D eigenvalue weighted by Gasteiger charge is 2.18. The minimum Gasteiger partial charge on any atom is -0.466 e. The van der Waals surface area contributed by atoms with Gasteiger partial charge in [0.25, 0.3) is 0 Å². The molecule has 2 atom stereocenters. The molecule has 0 saturated heterocycles. The summed E-state index contributed by atoms with van der Waals surface area (Å²) in [6.07, 6.45) is 84.5. The van der Waals surface area contributed by atoms with Crippen LogP contribution in [0.2, 0.25) is 0 Å². The van der Waals surface area contributed by atoms with E-state index in [2.05, 4.69) is 19.2 Å². The molecule has 0 aromatic heterocycles. The molecule has 0 aromatic carbocycles. The lowest BCUT2D eigenvalue weighted by Crippen LogP contribution is -2.45. The van der Waals surface area contributed by atoms with Gasteiger partial charge in [0.1, 0.15) is 0 Å². The van der Waals surface area contributed by atoms with Crippen LogP contribution in [0, 0.1) is 0 Å². The van der Waals surface area contributed by atoms with Crippen molar-refractivity contribution >= 4 is 11.9 Å². The normalized spacial score (nSPS) is 12.5. The largest absolute Gasteiger partial charge is 0.466 e. The lowest BCUT2D eigenvalue weighted by molar-refractivity contribution is -0.143. The van der Waals surface area contributed by atoms with Gasteiger partial charge in [-0.2, -0.15) is 0 Å². The molecule has 0 aromatic rings. The van der Waals surface area contributed by atoms with Gasteiger partial charge in [-0.15, -0.1) is 0 Å². The molecule has 0 aliphatic heterocycles. The van der Waals surface area contributed by atoms with Gasteiger partial charge in [0.15, 0.2) is 0 Å². The van der Waals surface area contributed by atoms with Crippen molar-refractivity contribution in [3.05, 3.63) is 12.2 Å². The molecular formula is C72H141NO5. The van der Waals surface area contributed by atoms with Gasteiger partial charge in [-0.1, -0.05) is 379 Å². The van der Waals surface area contributed by atoms with Crippen molar-refractivity contribution < 1.29 is 24.5 Å². The summed E-state index contributed by atoms with van der Waals surface area (Å²) in [6.45, 7) is 4.95. The van der Waals surface area contributed by atoms with E-state index in [0.29, 0.717) is 19.4 Å². The molecule has 3 N–H and O–H groups in total. The Morgan fingerprint density at radius 3 is 0.872 bits per heavy atom. The van der Waals surface area contributed by atoms with Crippen molar-refractivity contribution in [3.8, 4) is 0 Å². The summed E-state index contributed by atoms with van der Waals surface area (Å²) < 4.78 is 5.49. The van der Waals surface area contributed by atoms with E-state index in [9.17, 15) is 19.8 Å². The average Bonchev–Trinajstić information content (AvgIpc) is 3.44. The van der Waals surface area contributed by atoms with E-state index in [0.717, 1.165) is 38.5 Å². The Kier molecular flexibility index (Phi) is 66.9. The van der Waals surface area contributed by atoms with Crippen LogP contribution in [0.4, 0.5) is 0 Å². The number of hydrogen-bond acceptors (Lipinski definition) is 5. The molecule has 0 aliphatic rings. The molecule has 6 heteroatoms. The molecule has 0 bridgehead atoms. The molecule has 0 fully saturated rings. The zero-order chi connectivity index (χ0) is 56.4. The monoisotopic (exact) mass is 1100 g/mol. The van der Waals surface area contributed by atoms with Gasteiger partial charge < -0.3 is 20.3 Å². The first-order chi connectivity index (χ1) is 38.5. The topological polar surface area (TPSA) is 95.9 Å². The summed E-state index contributed by atoms with van der Waals surface area (Å²) in [6, 6.07) is -0.624. The first-order valence-corrected chi connectivity index (χ1v) is 36.0. The highest BCUT2D eigenvalue weighted by molar-refractivity contribution is 5.76. The standard InChI is InChI=1S/C72H141NO5/c1-3-5-7-9-11-13-15-17-18-34-37-41-44-48-52-56-60-64-70(75)69(68-74)73-71(76)65-61-57-53-49-45-42-38-35-32-30-28-26-24-22-20-19-21-23-25-27-29-31-33-36-39-43-47-51-55-59-63-67-78-72(77)66-62-58-54-50-46-40-16-14-12-10-8-6-4-2/h60,64,69-70,74-75H,3-59,61-63,65-68H2,1-2H3,(H,73,76)/b64-60+. The third-order valence-corrected chi connectivity index (χ3v) is 17.1. The zero-order valence-corrected chi connectivity index (χ0v) is 53.2. The van der Waals surface area contributed by atoms with E-state index in [4.69, 9.17) is 4.74 Å². The third kappa shape index (κ3) is 63.8. The van der Waals surface area contributed by atoms with Crippen molar-refractivity contribution in [3.63, 3.8) is 0 Å². The Hall–Kier alpha value is -1.40. The second-order valence-electron chi connectivity index (χ2n) is 24.9. The number of unbranched alkanes of at least 4 members (excludes halogenated alkanes) is 57. The quantitative estimate of drug-likeness (QED) is 0.0320. The Morgan fingerprint density at radius 1 is 0.346 bits per heavy atom. The number of aliphatic hydroxyl groups excluding tert-OH is 2. The van der Waals surface area contributed by atoms with Gasteiger partial charge in [0.2, 0.25) is 5.91 Å². The number of rotatable bonds is 68. The molecule has 6 nitrogen and oxygen atoms in total. The van der Waals surface area contributed by atoms with Crippen LogP contribution in [0.25, 0.3) is 0 Å². The molecule has 1 amide bonds. The van der Waals surface area contributed by atoms with Crippen molar-refractivity contribution in [2.45, 2.75) is 424 Å². The van der Waals surface area contributed by atoms with Gasteiger partial charge in [-0.3, -0.25) is 9.59 Å². The summed E-state index contributed by atoms with van der Waals surface area (Å²) in [4.78, 5) is 24.6. The van der Waals surface area contributed by atoms with Crippen LogP contribution >= 0.6 is 0 Å². The maximum atomic E-state index is 12.5. The number of carbonyl (C=O) groups excluding carboxylic acids is 2. The van der Waals surface area contributed by atoms with Crippen LogP contribution in [0.5, 0.6) is 0 Å². The predicted octanol–water partition coefficient (Wildman–Crippen LogP) is 23.1. The first-order valence-electron chi connectivity index (χ1n) is 36.0. The smallest absolute Gasteiger partial charge is 0.305 e. The second-order valence-corrected chi connectivity index (χ2v) is 24.9. The molecule has 0 spiro atoms. The summed E-state index contributed by atoms with van der Waals surface area (Å²) in [7, 11) is 0. The van der Waals surface area contributed by atoms with Crippen molar-refractivity contribution in [2.24, 2.45) is 0 Å². The second kappa shape index (κ2) is 68.1.